The van der Waals surface area contributed by atoms with Crippen molar-refractivity contribution in [1.29, 1.82) is 0 Å². The lowest BCUT2D eigenvalue weighted by atomic mass is 10.2. The Bertz CT molecular complexity index is 838. The quantitative estimate of drug-likeness (QED) is 0.515. The van der Waals surface area contributed by atoms with Gasteiger partial charge in [0.25, 0.3) is 0 Å². The summed E-state index contributed by atoms with van der Waals surface area (Å²) in [5.74, 6) is -0.252. The molecule has 0 heterocycles. The van der Waals surface area contributed by atoms with Crippen molar-refractivity contribution in [1.82, 2.24) is 0 Å². The Kier molecular flexibility index (Phi) is 5.66. The van der Waals surface area contributed by atoms with Gasteiger partial charge in [-0.25, -0.2) is 8.78 Å². The topological polar surface area (TPSA) is 21.3 Å². The van der Waals surface area contributed by atoms with Gasteiger partial charge in [-0.2, -0.15) is 0 Å². The van der Waals surface area contributed by atoms with Crippen LogP contribution < -0.4 is 10.1 Å². The average molecular weight is 404 g/mol. The van der Waals surface area contributed by atoms with E-state index in [4.69, 9.17) is 4.74 Å². The molecule has 3 rings (SSSR count). The molecule has 0 saturated heterocycles. The van der Waals surface area contributed by atoms with Crippen LogP contribution in [0.1, 0.15) is 11.1 Å². The monoisotopic (exact) mass is 403 g/mol. The second-order valence-electron chi connectivity index (χ2n) is 5.52. The zero-order chi connectivity index (χ0) is 17.6. The Morgan fingerprint density at radius 3 is 2.28 bits per heavy atom. The maximum absolute atomic E-state index is 13.8. The highest BCUT2D eigenvalue weighted by atomic mass is 79.9. The predicted molar refractivity (Wildman–Crippen MR) is 98.6 cm³/mol. The van der Waals surface area contributed by atoms with E-state index in [9.17, 15) is 8.78 Å². The number of hydrogen-bond donors (Lipinski definition) is 1. The van der Waals surface area contributed by atoms with E-state index in [1.54, 1.807) is 0 Å². The number of halogens is 3. The molecule has 0 bridgehead atoms. The SMILES string of the molecule is Fc1cc(NCc2ccc(OCc3ccccc3)cc2)c(F)cc1Br. The molecule has 0 aliphatic carbocycles. The van der Waals surface area contributed by atoms with Crippen molar-refractivity contribution in [2.24, 2.45) is 0 Å². The summed E-state index contributed by atoms with van der Waals surface area (Å²) < 4.78 is 33.1. The van der Waals surface area contributed by atoms with Crippen LogP contribution in [0.15, 0.2) is 71.2 Å². The smallest absolute Gasteiger partial charge is 0.147 e. The molecule has 0 saturated carbocycles. The van der Waals surface area contributed by atoms with Crippen molar-refractivity contribution in [3.8, 4) is 5.75 Å². The summed E-state index contributed by atoms with van der Waals surface area (Å²) in [5, 5.41) is 2.90. The normalized spacial score (nSPS) is 10.5. The lowest BCUT2D eigenvalue weighted by molar-refractivity contribution is 0.306. The molecule has 0 atom stereocenters. The fraction of sp³-hybridized carbons (Fsp3) is 0.100. The summed E-state index contributed by atoms with van der Waals surface area (Å²) in [6.07, 6.45) is 0. The second kappa shape index (κ2) is 8.12. The van der Waals surface area contributed by atoms with Gasteiger partial charge in [0.15, 0.2) is 0 Å². The van der Waals surface area contributed by atoms with Crippen molar-refractivity contribution in [2.45, 2.75) is 13.2 Å². The fourth-order valence-corrected chi connectivity index (χ4v) is 2.62. The molecule has 128 valence electrons. The van der Waals surface area contributed by atoms with Gasteiger partial charge in [-0.15, -0.1) is 0 Å². The molecule has 3 aromatic rings. The molecule has 0 amide bonds. The number of anilines is 1. The van der Waals surface area contributed by atoms with E-state index in [0.29, 0.717) is 13.2 Å². The molecule has 0 aliphatic rings. The van der Waals surface area contributed by atoms with Crippen LogP contribution in [-0.4, -0.2) is 0 Å². The van der Waals surface area contributed by atoms with E-state index in [1.807, 2.05) is 54.6 Å². The highest BCUT2D eigenvalue weighted by Gasteiger charge is 2.08. The number of rotatable bonds is 6. The highest BCUT2D eigenvalue weighted by Crippen LogP contribution is 2.24. The van der Waals surface area contributed by atoms with Crippen LogP contribution in [0, 0.1) is 11.6 Å². The van der Waals surface area contributed by atoms with Crippen LogP contribution >= 0.6 is 15.9 Å². The Balaban J connectivity index is 1.57. The van der Waals surface area contributed by atoms with E-state index < -0.39 is 11.6 Å². The number of nitrogens with one attached hydrogen (secondary N) is 1. The first-order valence-electron chi connectivity index (χ1n) is 7.76. The van der Waals surface area contributed by atoms with Crippen LogP contribution in [0.2, 0.25) is 0 Å². The molecule has 5 heteroatoms. The van der Waals surface area contributed by atoms with Gasteiger partial charge in [0, 0.05) is 12.6 Å². The first-order chi connectivity index (χ1) is 12.1. The first-order valence-corrected chi connectivity index (χ1v) is 8.55. The van der Waals surface area contributed by atoms with Crippen molar-refractivity contribution < 1.29 is 13.5 Å². The third kappa shape index (κ3) is 4.79. The zero-order valence-corrected chi connectivity index (χ0v) is 14.9. The zero-order valence-electron chi connectivity index (χ0n) is 13.3. The van der Waals surface area contributed by atoms with E-state index >= 15 is 0 Å². The van der Waals surface area contributed by atoms with E-state index in [2.05, 4.69) is 21.2 Å². The van der Waals surface area contributed by atoms with Crippen LogP contribution in [-0.2, 0) is 13.2 Å². The predicted octanol–water partition coefficient (Wildman–Crippen LogP) is 5.92. The molecule has 0 aromatic heterocycles. The Labute approximate surface area is 153 Å². The summed E-state index contributed by atoms with van der Waals surface area (Å²) in [6, 6.07) is 19.7. The van der Waals surface area contributed by atoms with Crippen molar-refractivity contribution in [3.05, 3.63) is 94.0 Å². The summed E-state index contributed by atoms with van der Waals surface area (Å²) >= 11 is 2.96. The molecule has 25 heavy (non-hydrogen) atoms. The van der Waals surface area contributed by atoms with Gasteiger partial charge in [-0.1, -0.05) is 42.5 Å². The molecule has 0 radical (unpaired) electrons. The number of ether oxygens (including phenoxy) is 1. The minimum Gasteiger partial charge on any atom is -0.489 e. The van der Waals surface area contributed by atoms with Gasteiger partial charge in [0.2, 0.25) is 0 Å². The largest absolute Gasteiger partial charge is 0.489 e. The van der Waals surface area contributed by atoms with Crippen LogP contribution in [0.5, 0.6) is 5.75 Å². The van der Waals surface area contributed by atoms with Crippen molar-refractivity contribution in [2.75, 3.05) is 5.32 Å². The number of benzene rings is 3. The standard InChI is InChI=1S/C20H16BrF2NO/c21-17-10-19(23)20(11-18(17)22)24-12-14-6-8-16(9-7-14)25-13-15-4-2-1-3-5-15/h1-11,24H,12-13H2. The Morgan fingerprint density at radius 1 is 0.840 bits per heavy atom. The van der Waals surface area contributed by atoms with E-state index in [1.165, 1.54) is 0 Å². The summed E-state index contributed by atoms with van der Waals surface area (Å²) in [7, 11) is 0. The molecule has 1 N–H and O–H groups in total. The van der Waals surface area contributed by atoms with Gasteiger partial charge >= 0.3 is 0 Å². The lowest BCUT2D eigenvalue weighted by Gasteiger charge is -2.10. The summed E-state index contributed by atoms with van der Waals surface area (Å²) in [4.78, 5) is 0. The molecular formula is C20H16BrF2NO. The van der Waals surface area contributed by atoms with Crippen LogP contribution in [0.3, 0.4) is 0 Å². The molecule has 0 aliphatic heterocycles. The lowest BCUT2D eigenvalue weighted by Crippen LogP contribution is -2.02. The van der Waals surface area contributed by atoms with Crippen molar-refractivity contribution in [3.63, 3.8) is 0 Å². The molecule has 2 nitrogen and oxygen atoms in total. The second-order valence-corrected chi connectivity index (χ2v) is 6.37. The molecule has 0 unspecified atom stereocenters. The molecular weight excluding hydrogens is 388 g/mol. The minimum absolute atomic E-state index is 0.107. The highest BCUT2D eigenvalue weighted by molar-refractivity contribution is 9.10. The van der Waals surface area contributed by atoms with Gasteiger partial charge in [-0.3, -0.25) is 0 Å². The fourth-order valence-electron chi connectivity index (χ4n) is 2.30. The molecule has 3 aromatic carbocycles. The third-order valence-electron chi connectivity index (χ3n) is 3.66. The van der Waals surface area contributed by atoms with Crippen molar-refractivity contribution >= 4 is 21.6 Å². The van der Waals surface area contributed by atoms with Gasteiger partial charge in [0.1, 0.15) is 24.0 Å². The summed E-state index contributed by atoms with van der Waals surface area (Å²) in [6.45, 7) is 0.888. The maximum Gasteiger partial charge on any atom is 0.147 e. The third-order valence-corrected chi connectivity index (χ3v) is 4.27. The van der Waals surface area contributed by atoms with Crippen LogP contribution in [0.25, 0.3) is 0 Å². The van der Waals surface area contributed by atoms with E-state index in [0.717, 1.165) is 29.0 Å². The van der Waals surface area contributed by atoms with Gasteiger partial charge in [-0.05, 0) is 45.3 Å². The number of hydrogen-bond acceptors (Lipinski definition) is 2. The van der Waals surface area contributed by atoms with Gasteiger partial charge < -0.3 is 10.1 Å². The minimum atomic E-state index is -0.506. The van der Waals surface area contributed by atoms with Crippen LogP contribution in [0.4, 0.5) is 14.5 Å². The first kappa shape index (κ1) is 17.4. The molecule has 0 spiro atoms. The van der Waals surface area contributed by atoms with E-state index in [-0.39, 0.29) is 10.2 Å². The Morgan fingerprint density at radius 2 is 1.56 bits per heavy atom. The summed E-state index contributed by atoms with van der Waals surface area (Å²) in [5.41, 5.74) is 2.17. The van der Waals surface area contributed by atoms with Gasteiger partial charge in [0.05, 0.1) is 10.2 Å². The average Bonchev–Trinajstić information content (AvgIpc) is 2.64. The molecule has 0 fully saturated rings. The maximum atomic E-state index is 13.8. The Hall–Kier alpha value is -2.40.